The zero-order valence-electron chi connectivity index (χ0n) is 7.02. The van der Waals surface area contributed by atoms with E-state index in [4.69, 9.17) is 11.6 Å². The van der Waals surface area contributed by atoms with Crippen molar-refractivity contribution in [3.63, 3.8) is 0 Å². The molecule has 0 amide bonds. The molecule has 66 valence electrons. The molecule has 1 rings (SSSR count). The first-order chi connectivity index (χ1) is 5.65. The smallest absolute Gasteiger partial charge is 0.252 e. The summed E-state index contributed by atoms with van der Waals surface area (Å²) in [5.41, 5.74) is 0.561. The molecule has 4 heteroatoms. The second-order valence-electron chi connectivity index (χ2n) is 2.61. The molecule has 0 spiro atoms. The van der Waals surface area contributed by atoms with Gasteiger partial charge in [-0.1, -0.05) is 11.6 Å². The highest BCUT2D eigenvalue weighted by molar-refractivity contribution is 6.30. The Morgan fingerprint density at radius 2 is 2.33 bits per heavy atom. The number of H-pyrrole nitrogens is 1. The lowest BCUT2D eigenvalue weighted by Gasteiger charge is -2.08. The van der Waals surface area contributed by atoms with E-state index in [0.717, 1.165) is 0 Å². The van der Waals surface area contributed by atoms with Crippen LogP contribution in [0.3, 0.4) is 0 Å². The van der Waals surface area contributed by atoms with Gasteiger partial charge < -0.3 is 10.3 Å². The van der Waals surface area contributed by atoms with E-state index in [2.05, 4.69) is 10.3 Å². The average Bonchev–Trinajstić information content (AvgIpc) is 2.08. The van der Waals surface area contributed by atoms with Crippen LogP contribution in [-0.4, -0.2) is 12.0 Å². The van der Waals surface area contributed by atoms with Gasteiger partial charge >= 0.3 is 0 Å². The van der Waals surface area contributed by atoms with Crippen molar-refractivity contribution in [3.05, 3.63) is 33.2 Å². The van der Waals surface area contributed by atoms with Crippen molar-refractivity contribution < 1.29 is 0 Å². The van der Waals surface area contributed by atoms with Gasteiger partial charge in [-0.15, -0.1) is 0 Å². The van der Waals surface area contributed by atoms with Gasteiger partial charge in [0.25, 0.3) is 5.56 Å². The average molecular weight is 187 g/mol. The van der Waals surface area contributed by atoms with E-state index in [-0.39, 0.29) is 11.6 Å². The maximum absolute atomic E-state index is 11.2. The molecule has 1 atom stereocenters. The molecule has 1 unspecified atom stereocenters. The monoisotopic (exact) mass is 186 g/mol. The molecule has 0 aliphatic heterocycles. The van der Waals surface area contributed by atoms with Crippen molar-refractivity contribution >= 4 is 11.6 Å². The Balaban J connectivity index is 3.13. The van der Waals surface area contributed by atoms with Crippen molar-refractivity contribution in [1.29, 1.82) is 0 Å². The third-order valence-corrected chi connectivity index (χ3v) is 2.01. The fraction of sp³-hybridized carbons (Fsp3) is 0.375. The SMILES string of the molecule is CNC(C)c1cc(Cl)c[nH]c1=O. The molecule has 12 heavy (non-hydrogen) atoms. The third-order valence-electron chi connectivity index (χ3n) is 1.80. The normalized spacial score (nSPS) is 12.9. The maximum Gasteiger partial charge on any atom is 0.252 e. The van der Waals surface area contributed by atoms with Crippen LogP contribution in [0.15, 0.2) is 17.1 Å². The van der Waals surface area contributed by atoms with Crippen LogP contribution in [0.4, 0.5) is 0 Å². The number of aromatic nitrogens is 1. The van der Waals surface area contributed by atoms with Gasteiger partial charge in [-0.3, -0.25) is 4.79 Å². The van der Waals surface area contributed by atoms with Crippen molar-refractivity contribution in [2.75, 3.05) is 7.05 Å². The number of halogens is 1. The summed E-state index contributed by atoms with van der Waals surface area (Å²) in [6.07, 6.45) is 1.48. The van der Waals surface area contributed by atoms with Crippen LogP contribution in [0, 0.1) is 0 Å². The number of nitrogens with one attached hydrogen (secondary N) is 2. The zero-order valence-corrected chi connectivity index (χ0v) is 7.77. The number of pyridine rings is 1. The molecule has 3 nitrogen and oxygen atoms in total. The first-order valence-electron chi connectivity index (χ1n) is 3.70. The van der Waals surface area contributed by atoms with Crippen molar-refractivity contribution in [3.8, 4) is 0 Å². The van der Waals surface area contributed by atoms with E-state index in [9.17, 15) is 4.79 Å². The molecular weight excluding hydrogens is 176 g/mol. The Morgan fingerprint density at radius 3 is 2.92 bits per heavy atom. The fourth-order valence-corrected chi connectivity index (χ4v) is 1.12. The third kappa shape index (κ3) is 1.87. The number of rotatable bonds is 2. The molecule has 2 N–H and O–H groups in total. The molecule has 1 aromatic rings. The molecule has 0 aromatic carbocycles. The second-order valence-corrected chi connectivity index (χ2v) is 3.05. The molecule has 0 aliphatic carbocycles. The summed E-state index contributed by atoms with van der Waals surface area (Å²) >= 11 is 5.72. The Hall–Kier alpha value is -0.800. The molecule has 0 saturated carbocycles. The summed E-state index contributed by atoms with van der Waals surface area (Å²) in [4.78, 5) is 13.8. The quantitative estimate of drug-likeness (QED) is 0.732. The van der Waals surface area contributed by atoms with Crippen molar-refractivity contribution in [2.24, 2.45) is 0 Å². The highest BCUT2D eigenvalue weighted by Crippen LogP contribution is 2.11. The summed E-state index contributed by atoms with van der Waals surface area (Å²) < 4.78 is 0. The molecule has 0 fully saturated rings. The standard InChI is InChI=1S/C8H11ClN2O/c1-5(10-2)7-3-6(9)4-11-8(7)12/h3-5,10H,1-2H3,(H,11,12). The molecule has 1 heterocycles. The molecular formula is C8H11ClN2O. The Morgan fingerprint density at radius 1 is 1.67 bits per heavy atom. The maximum atomic E-state index is 11.2. The van der Waals surface area contributed by atoms with Gasteiger partial charge in [0.1, 0.15) is 0 Å². The van der Waals surface area contributed by atoms with Gasteiger partial charge in [0.2, 0.25) is 0 Å². The minimum absolute atomic E-state index is 0.0208. The Bertz CT molecular complexity index is 321. The highest BCUT2D eigenvalue weighted by Gasteiger charge is 2.06. The topological polar surface area (TPSA) is 44.9 Å². The number of aromatic amines is 1. The van der Waals surface area contributed by atoms with E-state index < -0.39 is 0 Å². The molecule has 1 aromatic heterocycles. The first-order valence-corrected chi connectivity index (χ1v) is 4.08. The fourth-order valence-electron chi connectivity index (χ4n) is 0.951. The van der Waals surface area contributed by atoms with Crippen LogP contribution in [0.5, 0.6) is 0 Å². The van der Waals surface area contributed by atoms with E-state index >= 15 is 0 Å². The van der Waals surface area contributed by atoms with E-state index in [1.807, 2.05) is 6.92 Å². The van der Waals surface area contributed by atoms with Crippen LogP contribution >= 0.6 is 11.6 Å². The van der Waals surface area contributed by atoms with Crippen LogP contribution in [0.1, 0.15) is 18.5 Å². The first kappa shape index (κ1) is 9.29. The van der Waals surface area contributed by atoms with Crippen molar-refractivity contribution in [1.82, 2.24) is 10.3 Å². The van der Waals surface area contributed by atoms with Crippen LogP contribution in [0.25, 0.3) is 0 Å². The van der Waals surface area contributed by atoms with Crippen molar-refractivity contribution in [2.45, 2.75) is 13.0 Å². The lowest BCUT2D eigenvalue weighted by Crippen LogP contribution is -2.21. The zero-order chi connectivity index (χ0) is 9.14. The summed E-state index contributed by atoms with van der Waals surface area (Å²) in [5, 5.41) is 3.52. The van der Waals surface area contributed by atoms with Crippen LogP contribution < -0.4 is 10.9 Å². The van der Waals surface area contributed by atoms with Gasteiger partial charge in [0.05, 0.1) is 5.02 Å². The summed E-state index contributed by atoms with van der Waals surface area (Å²) in [7, 11) is 1.80. The van der Waals surface area contributed by atoms with Gasteiger partial charge in [-0.05, 0) is 20.0 Å². The van der Waals surface area contributed by atoms with Crippen LogP contribution in [0.2, 0.25) is 5.02 Å². The van der Waals surface area contributed by atoms with E-state index in [1.54, 1.807) is 13.1 Å². The van der Waals surface area contributed by atoms with Gasteiger partial charge in [-0.25, -0.2) is 0 Å². The predicted molar refractivity (Wildman–Crippen MR) is 49.5 cm³/mol. The largest absolute Gasteiger partial charge is 0.327 e. The second kappa shape index (κ2) is 3.74. The molecule has 0 saturated heterocycles. The molecule has 0 aliphatic rings. The van der Waals surface area contributed by atoms with Gasteiger partial charge in [0.15, 0.2) is 0 Å². The molecule has 0 radical (unpaired) electrons. The number of hydrogen-bond acceptors (Lipinski definition) is 2. The lowest BCUT2D eigenvalue weighted by molar-refractivity contribution is 0.644. The van der Waals surface area contributed by atoms with E-state index in [1.165, 1.54) is 6.20 Å². The Kier molecular flexibility index (Phi) is 2.89. The summed E-state index contributed by atoms with van der Waals surface area (Å²) in [6, 6.07) is 1.69. The summed E-state index contributed by atoms with van der Waals surface area (Å²) in [5.74, 6) is 0. The predicted octanol–water partition coefficient (Wildman–Crippen LogP) is 1.31. The molecule has 0 bridgehead atoms. The van der Waals surface area contributed by atoms with Gasteiger partial charge in [-0.2, -0.15) is 0 Å². The minimum atomic E-state index is -0.0961. The van der Waals surface area contributed by atoms with E-state index in [0.29, 0.717) is 10.6 Å². The van der Waals surface area contributed by atoms with Gasteiger partial charge in [0, 0.05) is 17.8 Å². The highest BCUT2D eigenvalue weighted by atomic mass is 35.5. The van der Waals surface area contributed by atoms with Crippen LogP contribution in [-0.2, 0) is 0 Å². The summed E-state index contributed by atoms with van der Waals surface area (Å²) in [6.45, 7) is 1.90. The minimum Gasteiger partial charge on any atom is -0.327 e. The number of hydrogen-bond donors (Lipinski definition) is 2. The Labute approximate surface area is 75.8 Å². The lowest BCUT2D eigenvalue weighted by atomic mass is 10.1.